The fourth-order valence-corrected chi connectivity index (χ4v) is 4.43. The van der Waals surface area contributed by atoms with E-state index in [2.05, 4.69) is 4.98 Å². The number of amides is 1. The van der Waals surface area contributed by atoms with Crippen LogP contribution in [-0.2, 0) is 16.1 Å². The molecule has 1 atom stereocenters. The summed E-state index contributed by atoms with van der Waals surface area (Å²) in [6.45, 7) is 7.53. The van der Waals surface area contributed by atoms with E-state index < -0.39 is 23.5 Å². The van der Waals surface area contributed by atoms with Crippen LogP contribution >= 0.6 is 0 Å². The van der Waals surface area contributed by atoms with Crippen molar-refractivity contribution in [1.29, 1.82) is 0 Å². The average Bonchev–Trinajstić information content (AvgIpc) is 3.48. The van der Waals surface area contributed by atoms with Gasteiger partial charge in [-0.1, -0.05) is 41.7 Å². The minimum absolute atomic E-state index is 0.0373. The number of likely N-dealkylation sites (tertiary alicyclic amines) is 1. The van der Waals surface area contributed by atoms with E-state index in [1.807, 2.05) is 56.2 Å². The van der Waals surface area contributed by atoms with Gasteiger partial charge in [0.1, 0.15) is 12.4 Å². The van der Waals surface area contributed by atoms with E-state index in [0.717, 1.165) is 5.56 Å². The molecule has 1 saturated heterocycles. The highest BCUT2D eigenvalue weighted by Crippen LogP contribution is 2.41. The van der Waals surface area contributed by atoms with Gasteiger partial charge in [-0.2, -0.15) is 0 Å². The number of aromatic nitrogens is 2. The molecule has 3 aromatic rings. The minimum atomic E-state index is -0.815. The van der Waals surface area contributed by atoms with Crippen LogP contribution in [0, 0.1) is 6.92 Å². The number of ketones is 1. The number of H-pyrrole nitrogens is 1. The molecule has 1 N–H and O–H groups in total. The summed E-state index contributed by atoms with van der Waals surface area (Å²) in [7, 11) is 0. The van der Waals surface area contributed by atoms with Gasteiger partial charge in [0.15, 0.2) is 11.5 Å². The van der Waals surface area contributed by atoms with Crippen molar-refractivity contribution in [2.45, 2.75) is 39.8 Å². The Bertz CT molecular complexity index is 1250. The highest BCUT2D eigenvalue weighted by molar-refractivity contribution is 6.46. The average molecular weight is 490 g/mol. The van der Waals surface area contributed by atoms with E-state index in [-0.39, 0.29) is 5.57 Å². The number of aryl methyl sites for hydroxylation is 2. The number of carbonyl (C=O) groups is 2. The van der Waals surface area contributed by atoms with Crippen LogP contribution < -0.4 is 19.1 Å². The summed E-state index contributed by atoms with van der Waals surface area (Å²) >= 11 is 0. The van der Waals surface area contributed by atoms with E-state index >= 15 is 0 Å². The first-order chi connectivity index (χ1) is 17.4. The van der Waals surface area contributed by atoms with E-state index in [4.69, 9.17) is 9.47 Å². The van der Waals surface area contributed by atoms with Gasteiger partial charge >= 0.3 is 0 Å². The summed E-state index contributed by atoms with van der Waals surface area (Å²) in [5.74, 6) is -0.782. The van der Waals surface area contributed by atoms with Gasteiger partial charge in [-0.25, -0.2) is 4.57 Å². The second-order valence-corrected chi connectivity index (χ2v) is 8.61. The highest BCUT2D eigenvalue weighted by Gasteiger charge is 2.44. The van der Waals surface area contributed by atoms with Crippen molar-refractivity contribution in [3.63, 3.8) is 0 Å². The van der Waals surface area contributed by atoms with Gasteiger partial charge in [0.05, 0.1) is 25.8 Å². The number of Topliss-reactive ketones (excluding diaryl/α,β-unsaturated/α-hetero) is 1. The quantitative estimate of drug-likeness (QED) is 0.204. The molecule has 188 valence electrons. The first-order valence-electron chi connectivity index (χ1n) is 12.2. The van der Waals surface area contributed by atoms with Crippen LogP contribution in [0.1, 0.15) is 43.0 Å². The van der Waals surface area contributed by atoms with Gasteiger partial charge in [0, 0.05) is 18.5 Å². The number of hydrogen-bond acceptors (Lipinski definition) is 5. The van der Waals surface area contributed by atoms with Crippen LogP contribution in [0.25, 0.3) is 5.76 Å². The molecule has 1 aliphatic rings. The number of nitrogens with one attached hydrogen (secondary N) is 1. The number of ether oxygens (including phenoxy) is 2. The lowest BCUT2D eigenvalue weighted by atomic mass is 9.94. The number of hydrogen-bond donors (Lipinski definition) is 1. The molecule has 4 rings (SSSR count). The van der Waals surface area contributed by atoms with E-state index in [1.54, 1.807) is 30.3 Å². The van der Waals surface area contributed by atoms with Crippen molar-refractivity contribution in [3.8, 4) is 11.5 Å². The van der Waals surface area contributed by atoms with Gasteiger partial charge in [-0.05, 0) is 44.0 Å². The molecule has 0 bridgehead atoms. The third-order valence-corrected chi connectivity index (χ3v) is 6.14. The third kappa shape index (κ3) is 5.12. The first kappa shape index (κ1) is 25.0. The van der Waals surface area contributed by atoms with Crippen molar-refractivity contribution in [1.82, 2.24) is 9.88 Å². The molecule has 8 nitrogen and oxygen atoms in total. The zero-order valence-corrected chi connectivity index (χ0v) is 20.8. The van der Waals surface area contributed by atoms with Crippen molar-refractivity contribution >= 4 is 17.4 Å². The maximum atomic E-state index is 13.6. The fourth-order valence-electron chi connectivity index (χ4n) is 4.43. The molecular formula is C28H31N3O5. The summed E-state index contributed by atoms with van der Waals surface area (Å²) in [5, 5.41) is 13.6. The Labute approximate surface area is 210 Å². The monoisotopic (exact) mass is 489 g/mol. The Kier molecular flexibility index (Phi) is 7.73. The Morgan fingerprint density at radius 3 is 2.44 bits per heavy atom. The van der Waals surface area contributed by atoms with Crippen LogP contribution in [0.5, 0.6) is 11.5 Å². The van der Waals surface area contributed by atoms with Crippen molar-refractivity contribution in [3.05, 3.63) is 83.4 Å². The number of benzene rings is 2. The van der Waals surface area contributed by atoms with Crippen LogP contribution in [-0.4, -0.2) is 41.3 Å². The van der Waals surface area contributed by atoms with Crippen molar-refractivity contribution in [2.75, 3.05) is 19.8 Å². The number of aromatic amines is 1. The van der Waals surface area contributed by atoms with Crippen molar-refractivity contribution in [2.24, 2.45) is 0 Å². The number of rotatable bonds is 10. The zero-order valence-electron chi connectivity index (χ0n) is 20.8. The molecule has 2 aromatic carbocycles. The Morgan fingerprint density at radius 1 is 1.06 bits per heavy atom. The summed E-state index contributed by atoms with van der Waals surface area (Å²) in [6.07, 6.45) is 6.15. The SMILES string of the molecule is CCOc1ccc(C2C(=C([O-])c3ccc(C)cc3)C(=O)C(=O)N2CCC[n+]2cc[nH]c2)cc1OCC. The molecule has 0 spiro atoms. The smallest absolute Gasteiger partial charge is 0.295 e. The molecule has 8 heteroatoms. The molecule has 1 aliphatic heterocycles. The Balaban J connectivity index is 1.77. The maximum Gasteiger partial charge on any atom is 0.295 e. The van der Waals surface area contributed by atoms with E-state index in [0.29, 0.717) is 55.4 Å². The fraction of sp³-hybridized carbons (Fsp3) is 0.321. The molecule has 0 radical (unpaired) electrons. The summed E-state index contributed by atoms with van der Waals surface area (Å²) in [6, 6.07) is 11.5. The second-order valence-electron chi connectivity index (χ2n) is 8.61. The van der Waals surface area contributed by atoms with Crippen LogP contribution in [0.3, 0.4) is 0 Å². The molecule has 2 heterocycles. The molecule has 1 aromatic heterocycles. The van der Waals surface area contributed by atoms with Crippen molar-refractivity contribution < 1.29 is 28.7 Å². The summed E-state index contributed by atoms with van der Waals surface area (Å²) in [4.78, 5) is 30.9. The number of nitrogens with zero attached hydrogens (tertiary/aromatic N) is 2. The Morgan fingerprint density at radius 2 is 1.78 bits per heavy atom. The van der Waals surface area contributed by atoms with Gasteiger partial charge in [-0.15, -0.1) is 0 Å². The van der Waals surface area contributed by atoms with Gasteiger partial charge in [0.2, 0.25) is 12.1 Å². The number of imidazole rings is 1. The lowest BCUT2D eigenvalue weighted by molar-refractivity contribution is -0.695. The normalized spacial score (nSPS) is 17.0. The summed E-state index contributed by atoms with van der Waals surface area (Å²) in [5.41, 5.74) is 1.97. The Hall–Kier alpha value is -4.07. The molecule has 1 unspecified atom stereocenters. The molecule has 1 fully saturated rings. The van der Waals surface area contributed by atoms with Crippen LogP contribution in [0.2, 0.25) is 0 Å². The standard InChI is InChI=1S/C28H31N3O5/c1-4-35-22-12-11-21(17-23(22)36-5-2)25-24(26(32)20-9-7-19(3)8-10-20)27(33)28(34)31(25)15-6-14-30-16-13-29-18-30/h7-13,16-18,25H,4-6,14-15H2,1-3H3,(H,32,33). The molecular weight excluding hydrogens is 458 g/mol. The van der Waals surface area contributed by atoms with Gasteiger partial charge < -0.3 is 19.5 Å². The van der Waals surface area contributed by atoms with Gasteiger partial charge in [-0.3, -0.25) is 14.6 Å². The summed E-state index contributed by atoms with van der Waals surface area (Å²) < 4.78 is 13.4. The lowest BCUT2D eigenvalue weighted by Crippen LogP contribution is -2.36. The molecule has 0 saturated carbocycles. The highest BCUT2D eigenvalue weighted by atomic mass is 16.5. The van der Waals surface area contributed by atoms with Crippen LogP contribution in [0.4, 0.5) is 0 Å². The lowest BCUT2D eigenvalue weighted by Gasteiger charge is -2.28. The van der Waals surface area contributed by atoms with Crippen LogP contribution in [0.15, 0.2) is 66.8 Å². The second kappa shape index (κ2) is 11.1. The predicted octanol–water partition coefficient (Wildman–Crippen LogP) is 2.72. The maximum absolute atomic E-state index is 13.6. The zero-order chi connectivity index (χ0) is 25.7. The molecule has 36 heavy (non-hydrogen) atoms. The van der Waals surface area contributed by atoms with E-state index in [9.17, 15) is 14.7 Å². The third-order valence-electron chi connectivity index (χ3n) is 6.14. The molecule has 0 aliphatic carbocycles. The number of carbonyl (C=O) groups excluding carboxylic acids is 2. The van der Waals surface area contributed by atoms with E-state index in [1.165, 1.54) is 4.90 Å². The first-order valence-corrected chi connectivity index (χ1v) is 12.2. The molecule has 1 amide bonds. The topological polar surface area (TPSA) is 98.6 Å². The largest absolute Gasteiger partial charge is 0.872 e. The predicted molar refractivity (Wildman–Crippen MR) is 132 cm³/mol. The van der Waals surface area contributed by atoms with Gasteiger partial charge in [0.25, 0.3) is 5.91 Å². The minimum Gasteiger partial charge on any atom is -0.872 e.